The minimum Gasteiger partial charge on any atom is -0.378 e. The zero-order valence-electron chi connectivity index (χ0n) is 13.5. The highest BCUT2D eigenvalue weighted by Gasteiger charge is 2.14. The highest BCUT2D eigenvalue weighted by molar-refractivity contribution is 5.92. The first-order valence-electron chi connectivity index (χ1n) is 8.45. The molecule has 0 spiro atoms. The predicted molar refractivity (Wildman–Crippen MR) is 88.6 cm³/mol. The number of hydrogen-bond acceptors (Lipinski definition) is 5. The number of allylic oxidation sites excluding steroid dienone is 1. The average Bonchev–Trinajstić information content (AvgIpc) is 2.63. The molecule has 1 N–H and O–H groups in total. The smallest absolute Gasteiger partial charge is 0.271 e. The summed E-state index contributed by atoms with van der Waals surface area (Å²) in [5.74, 6) is 0.652. The van der Waals surface area contributed by atoms with E-state index in [1.807, 2.05) is 6.07 Å². The van der Waals surface area contributed by atoms with Crippen LogP contribution in [-0.4, -0.2) is 49.0 Å². The van der Waals surface area contributed by atoms with Crippen molar-refractivity contribution in [2.45, 2.75) is 32.1 Å². The van der Waals surface area contributed by atoms with Crippen LogP contribution in [-0.2, 0) is 4.74 Å². The summed E-state index contributed by atoms with van der Waals surface area (Å²) >= 11 is 0. The van der Waals surface area contributed by atoms with Crippen LogP contribution >= 0.6 is 0 Å². The maximum Gasteiger partial charge on any atom is 0.271 e. The number of nitrogens with zero attached hydrogens (tertiary/aromatic N) is 3. The summed E-state index contributed by atoms with van der Waals surface area (Å²) in [7, 11) is 0. The Balaban J connectivity index is 1.48. The van der Waals surface area contributed by atoms with Crippen molar-refractivity contribution in [1.82, 2.24) is 15.5 Å². The van der Waals surface area contributed by atoms with Crippen molar-refractivity contribution in [1.29, 1.82) is 0 Å². The third kappa shape index (κ3) is 4.51. The molecule has 6 heteroatoms. The van der Waals surface area contributed by atoms with E-state index in [2.05, 4.69) is 26.5 Å². The molecule has 0 radical (unpaired) electrons. The van der Waals surface area contributed by atoms with Crippen molar-refractivity contribution < 1.29 is 9.53 Å². The Morgan fingerprint density at radius 1 is 1.22 bits per heavy atom. The molecule has 0 atom stereocenters. The number of hydrogen-bond donors (Lipinski definition) is 1. The Hall–Kier alpha value is -1.95. The van der Waals surface area contributed by atoms with Gasteiger partial charge in [-0.2, -0.15) is 0 Å². The molecule has 0 bridgehead atoms. The van der Waals surface area contributed by atoms with E-state index in [0.29, 0.717) is 25.5 Å². The zero-order valence-corrected chi connectivity index (χ0v) is 13.5. The number of morpholine rings is 1. The zero-order chi connectivity index (χ0) is 15.9. The van der Waals surface area contributed by atoms with Gasteiger partial charge in [-0.3, -0.25) is 4.79 Å². The van der Waals surface area contributed by atoms with E-state index in [-0.39, 0.29) is 5.91 Å². The lowest BCUT2D eigenvalue weighted by atomic mass is 9.97. The van der Waals surface area contributed by atoms with Crippen LogP contribution in [0.3, 0.4) is 0 Å². The van der Waals surface area contributed by atoms with Crippen LogP contribution in [0.15, 0.2) is 23.8 Å². The van der Waals surface area contributed by atoms with Crippen molar-refractivity contribution in [3.8, 4) is 0 Å². The monoisotopic (exact) mass is 316 g/mol. The standard InChI is InChI=1S/C17H24N4O2/c22-17(18-9-8-14-4-2-1-3-5-14)15-6-7-16(20-19-15)21-10-12-23-13-11-21/h4,6-7H,1-3,5,8-13H2,(H,18,22). The van der Waals surface area contributed by atoms with Gasteiger partial charge >= 0.3 is 0 Å². The predicted octanol–water partition coefficient (Wildman–Crippen LogP) is 1.93. The average molecular weight is 316 g/mol. The maximum atomic E-state index is 12.1. The first kappa shape index (κ1) is 15.9. The lowest BCUT2D eigenvalue weighted by molar-refractivity contribution is 0.0948. The number of ether oxygens (including phenoxy) is 1. The van der Waals surface area contributed by atoms with Crippen molar-refractivity contribution in [3.63, 3.8) is 0 Å². The molecule has 0 aromatic carbocycles. The molecule has 0 saturated carbocycles. The van der Waals surface area contributed by atoms with Gasteiger partial charge in [0, 0.05) is 19.6 Å². The molecule has 1 aliphatic heterocycles. The van der Waals surface area contributed by atoms with E-state index in [9.17, 15) is 4.79 Å². The first-order chi connectivity index (χ1) is 11.3. The summed E-state index contributed by atoms with van der Waals surface area (Å²) in [6, 6.07) is 3.60. The van der Waals surface area contributed by atoms with Crippen LogP contribution in [0.2, 0.25) is 0 Å². The minimum atomic E-state index is -0.151. The second-order valence-electron chi connectivity index (χ2n) is 5.99. The van der Waals surface area contributed by atoms with Crippen LogP contribution in [0, 0.1) is 0 Å². The maximum absolute atomic E-state index is 12.1. The second kappa shape index (κ2) is 8.06. The largest absolute Gasteiger partial charge is 0.378 e. The molecule has 1 aliphatic carbocycles. The second-order valence-corrected chi connectivity index (χ2v) is 5.99. The third-order valence-electron chi connectivity index (χ3n) is 4.33. The van der Waals surface area contributed by atoms with Crippen molar-refractivity contribution in [2.24, 2.45) is 0 Å². The normalized spacial score (nSPS) is 18.4. The van der Waals surface area contributed by atoms with Gasteiger partial charge in [0.1, 0.15) is 0 Å². The lowest BCUT2D eigenvalue weighted by Gasteiger charge is -2.27. The van der Waals surface area contributed by atoms with Crippen LogP contribution in [0.5, 0.6) is 0 Å². The molecule has 23 heavy (non-hydrogen) atoms. The molecular formula is C17H24N4O2. The van der Waals surface area contributed by atoms with E-state index in [1.54, 1.807) is 6.07 Å². The first-order valence-corrected chi connectivity index (χ1v) is 8.45. The minimum absolute atomic E-state index is 0.151. The van der Waals surface area contributed by atoms with E-state index in [1.165, 1.54) is 31.3 Å². The number of carbonyl (C=O) groups is 1. The van der Waals surface area contributed by atoms with Crippen LogP contribution in [0.1, 0.15) is 42.6 Å². The molecule has 1 aromatic heterocycles. The number of amides is 1. The highest BCUT2D eigenvalue weighted by Crippen LogP contribution is 2.19. The molecule has 0 unspecified atom stereocenters. The third-order valence-corrected chi connectivity index (χ3v) is 4.33. The summed E-state index contributed by atoms with van der Waals surface area (Å²) in [6.45, 7) is 3.71. The van der Waals surface area contributed by atoms with Gasteiger partial charge in [0.05, 0.1) is 13.2 Å². The van der Waals surface area contributed by atoms with Crippen molar-refractivity contribution in [2.75, 3.05) is 37.7 Å². The molecule has 2 heterocycles. The van der Waals surface area contributed by atoms with Gasteiger partial charge in [0.25, 0.3) is 5.91 Å². The Kier molecular flexibility index (Phi) is 5.58. The molecule has 6 nitrogen and oxygen atoms in total. The number of rotatable bonds is 5. The molecule has 1 saturated heterocycles. The lowest BCUT2D eigenvalue weighted by Crippen LogP contribution is -2.37. The molecule has 1 aromatic rings. The van der Waals surface area contributed by atoms with Crippen molar-refractivity contribution >= 4 is 11.7 Å². The van der Waals surface area contributed by atoms with Crippen LogP contribution < -0.4 is 10.2 Å². The van der Waals surface area contributed by atoms with Gasteiger partial charge in [0.2, 0.25) is 0 Å². The van der Waals surface area contributed by atoms with E-state index in [0.717, 1.165) is 25.3 Å². The fourth-order valence-corrected chi connectivity index (χ4v) is 2.97. The molecular weight excluding hydrogens is 292 g/mol. The highest BCUT2D eigenvalue weighted by atomic mass is 16.5. The Bertz CT molecular complexity index is 550. The number of aromatic nitrogens is 2. The molecule has 2 aliphatic rings. The molecule has 1 fully saturated rings. The Labute approximate surface area is 136 Å². The quantitative estimate of drug-likeness (QED) is 0.841. The summed E-state index contributed by atoms with van der Waals surface area (Å²) in [6.07, 6.45) is 8.16. The van der Waals surface area contributed by atoms with Gasteiger partial charge in [-0.1, -0.05) is 11.6 Å². The van der Waals surface area contributed by atoms with Gasteiger partial charge in [-0.25, -0.2) is 0 Å². The topological polar surface area (TPSA) is 67.4 Å². The Morgan fingerprint density at radius 3 is 2.78 bits per heavy atom. The Morgan fingerprint density at radius 2 is 2.09 bits per heavy atom. The summed E-state index contributed by atoms with van der Waals surface area (Å²) in [5, 5.41) is 11.2. The van der Waals surface area contributed by atoms with E-state index >= 15 is 0 Å². The van der Waals surface area contributed by atoms with Crippen LogP contribution in [0.25, 0.3) is 0 Å². The van der Waals surface area contributed by atoms with Gasteiger partial charge in [0.15, 0.2) is 11.5 Å². The summed E-state index contributed by atoms with van der Waals surface area (Å²) in [5.41, 5.74) is 1.84. The number of nitrogens with one attached hydrogen (secondary N) is 1. The molecule has 1 amide bonds. The van der Waals surface area contributed by atoms with Gasteiger partial charge < -0.3 is 15.0 Å². The van der Waals surface area contributed by atoms with E-state index in [4.69, 9.17) is 4.74 Å². The summed E-state index contributed by atoms with van der Waals surface area (Å²) < 4.78 is 5.32. The SMILES string of the molecule is O=C(NCCC1=CCCCC1)c1ccc(N2CCOCC2)nn1. The number of carbonyl (C=O) groups excluding carboxylic acids is 1. The van der Waals surface area contributed by atoms with Crippen LogP contribution in [0.4, 0.5) is 5.82 Å². The summed E-state index contributed by atoms with van der Waals surface area (Å²) in [4.78, 5) is 14.2. The molecule has 124 valence electrons. The van der Waals surface area contributed by atoms with Crippen molar-refractivity contribution in [3.05, 3.63) is 29.5 Å². The van der Waals surface area contributed by atoms with Gasteiger partial charge in [-0.15, -0.1) is 10.2 Å². The fraction of sp³-hybridized carbons (Fsp3) is 0.588. The molecule has 3 rings (SSSR count). The fourth-order valence-electron chi connectivity index (χ4n) is 2.97. The number of anilines is 1. The van der Waals surface area contributed by atoms with Gasteiger partial charge in [-0.05, 0) is 44.2 Å². The van der Waals surface area contributed by atoms with E-state index < -0.39 is 0 Å².